The largest absolute Gasteiger partial charge is 0.368 e. The molecule has 1 aliphatic carbocycles. The Morgan fingerprint density at radius 2 is 2.11 bits per heavy atom. The Kier molecular flexibility index (Phi) is 3.79. The minimum absolute atomic E-state index is 0.357. The minimum atomic E-state index is 0.357. The van der Waals surface area contributed by atoms with Crippen molar-refractivity contribution >= 4 is 45.1 Å². The van der Waals surface area contributed by atoms with Crippen LogP contribution in [0.5, 0.6) is 0 Å². The maximum atomic E-state index is 5.77. The first-order valence-electron chi connectivity index (χ1n) is 6.56. The van der Waals surface area contributed by atoms with Gasteiger partial charge in [-0.05, 0) is 43.4 Å². The summed E-state index contributed by atoms with van der Waals surface area (Å²) in [5.74, 6) is 1.26. The number of nitrogens with zero attached hydrogens (tertiary/aromatic N) is 2. The number of hydrogen-bond acceptors (Lipinski definition) is 6. The Hall–Kier alpha value is -1.01. The normalized spacial score (nSPS) is 23.6. The smallest absolute Gasteiger partial charge is 0.223 e. The van der Waals surface area contributed by atoms with Crippen LogP contribution in [0, 0.1) is 0 Å². The number of thiophene rings is 1. The predicted octanol–water partition coefficient (Wildman–Crippen LogP) is 3.36. The average Bonchev–Trinajstić information content (AvgIpc) is 2.88. The summed E-state index contributed by atoms with van der Waals surface area (Å²) >= 11 is 3.60. The van der Waals surface area contributed by atoms with Crippen LogP contribution >= 0.6 is 23.1 Å². The third-order valence-corrected chi connectivity index (χ3v) is 5.64. The molecule has 0 saturated heterocycles. The second-order valence-corrected chi connectivity index (χ2v) is 6.96. The number of nitrogen functional groups attached to an aromatic ring is 1. The molecule has 1 aliphatic rings. The summed E-state index contributed by atoms with van der Waals surface area (Å²) in [6, 6.07) is 2.58. The Balaban J connectivity index is 1.76. The Labute approximate surface area is 121 Å². The van der Waals surface area contributed by atoms with Gasteiger partial charge in [0.05, 0.1) is 5.39 Å². The van der Waals surface area contributed by atoms with Crippen molar-refractivity contribution in [2.45, 2.75) is 37.0 Å². The van der Waals surface area contributed by atoms with E-state index in [0.29, 0.717) is 12.0 Å². The lowest BCUT2D eigenvalue weighted by Gasteiger charge is -2.28. The van der Waals surface area contributed by atoms with Crippen LogP contribution in [0.2, 0.25) is 0 Å². The van der Waals surface area contributed by atoms with Crippen LogP contribution in [-0.2, 0) is 0 Å². The first kappa shape index (κ1) is 13.0. The summed E-state index contributed by atoms with van der Waals surface area (Å²) in [4.78, 5) is 9.59. The molecule has 2 aromatic rings. The molecule has 2 heterocycles. The van der Waals surface area contributed by atoms with Gasteiger partial charge in [-0.2, -0.15) is 16.7 Å². The fourth-order valence-electron chi connectivity index (χ4n) is 2.62. The van der Waals surface area contributed by atoms with E-state index in [9.17, 15) is 0 Å². The summed E-state index contributed by atoms with van der Waals surface area (Å²) in [7, 11) is 0. The van der Waals surface area contributed by atoms with E-state index >= 15 is 0 Å². The predicted molar refractivity (Wildman–Crippen MR) is 85.0 cm³/mol. The highest BCUT2D eigenvalue weighted by Gasteiger charge is 2.21. The molecular formula is C13H18N4S2. The van der Waals surface area contributed by atoms with Gasteiger partial charge in [0.15, 0.2) is 0 Å². The van der Waals surface area contributed by atoms with Crippen LogP contribution in [0.15, 0.2) is 11.4 Å². The lowest BCUT2D eigenvalue weighted by molar-refractivity contribution is 0.472. The summed E-state index contributed by atoms with van der Waals surface area (Å²) in [5.41, 5.74) is 5.77. The van der Waals surface area contributed by atoms with Gasteiger partial charge in [-0.3, -0.25) is 0 Å². The second kappa shape index (κ2) is 5.54. The summed E-state index contributed by atoms with van der Waals surface area (Å²) in [6.07, 6.45) is 7.19. The molecule has 102 valence electrons. The van der Waals surface area contributed by atoms with Gasteiger partial charge in [0.2, 0.25) is 5.95 Å². The molecule has 0 aliphatic heterocycles. The number of rotatable bonds is 3. The molecule has 0 amide bonds. The lowest BCUT2D eigenvalue weighted by Crippen LogP contribution is -2.27. The van der Waals surface area contributed by atoms with Crippen molar-refractivity contribution in [3.63, 3.8) is 0 Å². The van der Waals surface area contributed by atoms with Crippen molar-refractivity contribution in [3.05, 3.63) is 11.4 Å². The molecule has 3 N–H and O–H groups in total. The Morgan fingerprint density at radius 3 is 2.84 bits per heavy atom. The quantitative estimate of drug-likeness (QED) is 0.909. The number of thioether (sulfide) groups is 1. The SMILES string of the molecule is CSC1CCC(Nc2nc(N)nc3sccc23)CC1. The first-order valence-corrected chi connectivity index (χ1v) is 8.73. The fourth-order valence-corrected chi connectivity index (χ4v) is 4.13. The highest BCUT2D eigenvalue weighted by molar-refractivity contribution is 7.99. The monoisotopic (exact) mass is 294 g/mol. The molecule has 3 rings (SSSR count). The van der Waals surface area contributed by atoms with Crippen LogP contribution in [0.25, 0.3) is 10.2 Å². The standard InChI is InChI=1S/C13H18N4S2/c1-18-9-4-2-8(3-5-9)15-11-10-6-7-19-12(10)17-13(14)16-11/h6-9H,2-5H2,1H3,(H3,14,15,16,17). The summed E-state index contributed by atoms with van der Waals surface area (Å²) < 4.78 is 0. The molecule has 0 bridgehead atoms. The van der Waals surface area contributed by atoms with Crippen molar-refractivity contribution < 1.29 is 0 Å². The molecule has 1 saturated carbocycles. The highest BCUT2D eigenvalue weighted by Crippen LogP contribution is 2.31. The van der Waals surface area contributed by atoms with Crippen molar-refractivity contribution in [3.8, 4) is 0 Å². The van der Waals surface area contributed by atoms with E-state index in [-0.39, 0.29) is 0 Å². The molecule has 0 unspecified atom stereocenters. The van der Waals surface area contributed by atoms with E-state index < -0.39 is 0 Å². The highest BCUT2D eigenvalue weighted by atomic mass is 32.2. The number of aromatic nitrogens is 2. The maximum Gasteiger partial charge on any atom is 0.223 e. The second-order valence-electron chi connectivity index (χ2n) is 4.92. The summed E-state index contributed by atoms with van der Waals surface area (Å²) in [6.45, 7) is 0. The molecule has 2 aromatic heterocycles. The van der Waals surface area contributed by atoms with Crippen LogP contribution in [-0.4, -0.2) is 27.5 Å². The Morgan fingerprint density at radius 1 is 1.32 bits per heavy atom. The molecule has 19 heavy (non-hydrogen) atoms. The maximum absolute atomic E-state index is 5.77. The lowest BCUT2D eigenvalue weighted by atomic mass is 9.95. The van der Waals surface area contributed by atoms with E-state index in [1.165, 1.54) is 25.7 Å². The molecule has 4 nitrogen and oxygen atoms in total. The zero-order valence-corrected chi connectivity index (χ0v) is 12.6. The minimum Gasteiger partial charge on any atom is -0.368 e. The third kappa shape index (κ3) is 2.79. The molecule has 6 heteroatoms. The van der Waals surface area contributed by atoms with Gasteiger partial charge in [-0.15, -0.1) is 11.3 Å². The van der Waals surface area contributed by atoms with E-state index in [1.54, 1.807) is 11.3 Å². The average molecular weight is 294 g/mol. The van der Waals surface area contributed by atoms with Crippen LogP contribution < -0.4 is 11.1 Å². The molecule has 1 fully saturated rings. The van der Waals surface area contributed by atoms with Gasteiger partial charge < -0.3 is 11.1 Å². The molecule has 0 radical (unpaired) electrons. The third-order valence-electron chi connectivity index (χ3n) is 3.69. The van der Waals surface area contributed by atoms with Crippen LogP contribution in [0.1, 0.15) is 25.7 Å². The molecular weight excluding hydrogens is 276 g/mol. The van der Waals surface area contributed by atoms with E-state index in [1.807, 2.05) is 17.1 Å². The molecule has 0 aromatic carbocycles. The van der Waals surface area contributed by atoms with Crippen molar-refractivity contribution in [2.24, 2.45) is 0 Å². The van der Waals surface area contributed by atoms with Crippen molar-refractivity contribution in [2.75, 3.05) is 17.3 Å². The number of fused-ring (bicyclic) bond motifs is 1. The van der Waals surface area contributed by atoms with Gasteiger partial charge in [-0.25, -0.2) is 4.98 Å². The molecule has 0 atom stereocenters. The zero-order chi connectivity index (χ0) is 13.2. The number of nitrogens with two attached hydrogens (primary N) is 1. The van der Waals surface area contributed by atoms with E-state index in [2.05, 4.69) is 27.6 Å². The summed E-state index contributed by atoms with van der Waals surface area (Å²) in [5, 5.41) is 7.52. The van der Waals surface area contributed by atoms with Gasteiger partial charge in [0, 0.05) is 11.3 Å². The molecule has 0 spiro atoms. The first-order chi connectivity index (χ1) is 9.26. The number of nitrogens with one attached hydrogen (secondary N) is 1. The van der Waals surface area contributed by atoms with E-state index in [0.717, 1.165) is 21.3 Å². The topological polar surface area (TPSA) is 63.8 Å². The van der Waals surface area contributed by atoms with Crippen molar-refractivity contribution in [1.82, 2.24) is 9.97 Å². The van der Waals surface area contributed by atoms with Crippen molar-refractivity contribution in [1.29, 1.82) is 0 Å². The van der Waals surface area contributed by atoms with Gasteiger partial charge in [0.1, 0.15) is 10.6 Å². The Bertz CT molecular complexity index is 561. The zero-order valence-electron chi connectivity index (χ0n) is 10.9. The number of hydrogen-bond donors (Lipinski definition) is 2. The van der Waals surface area contributed by atoms with Gasteiger partial charge in [-0.1, -0.05) is 0 Å². The number of anilines is 2. The van der Waals surface area contributed by atoms with Gasteiger partial charge in [0.25, 0.3) is 0 Å². The van der Waals surface area contributed by atoms with Crippen LogP contribution in [0.3, 0.4) is 0 Å². The van der Waals surface area contributed by atoms with E-state index in [4.69, 9.17) is 5.73 Å². The van der Waals surface area contributed by atoms with Crippen LogP contribution in [0.4, 0.5) is 11.8 Å². The van der Waals surface area contributed by atoms with Gasteiger partial charge >= 0.3 is 0 Å². The fraction of sp³-hybridized carbons (Fsp3) is 0.538.